The highest BCUT2D eigenvalue weighted by molar-refractivity contribution is 6.10. The molecule has 0 unspecified atom stereocenters. The standard InChI is InChI=1S/C13H11O2/c1-15-12-8-4-7-11(9-12)13(14)10-5-2-3-6-10/h2-9H,1H3. The van der Waals surface area contributed by atoms with Gasteiger partial charge in [-0.15, -0.1) is 0 Å². The van der Waals surface area contributed by atoms with E-state index in [2.05, 4.69) is 0 Å². The molecule has 0 aromatic heterocycles. The Morgan fingerprint density at radius 1 is 1.20 bits per heavy atom. The second-order valence-corrected chi connectivity index (χ2v) is 3.23. The molecule has 1 aliphatic carbocycles. The summed E-state index contributed by atoms with van der Waals surface area (Å²) in [5, 5.41) is 0. The molecule has 0 spiro atoms. The van der Waals surface area contributed by atoms with Gasteiger partial charge in [0.15, 0.2) is 5.78 Å². The number of ketones is 1. The molecule has 2 rings (SSSR count). The fraction of sp³-hybridized carbons (Fsp3) is 0.0769. The van der Waals surface area contributed by atoms with Crippen molar-refractivity contribution in [2.24, 2.45) is 0 Å². The Hall–Kier alpha value is -1.31. The van der Waals surface area contributed by atoms with Crippen molar-refractivity contribution in [3.05, 3.63) is 61.4 Å². The maximum atomic E-state index is 11.9. The lowest BCUT2D eigenvalue weighted by Gasteiger charge is -2.07. The minimum absolute atomic E-state index is 0.0268. The normalized spacial score (nSPS) is 16.6. The molecule has 15 heavy (non-hydrogen) atoms. The van der Waals surface area contributed by atoms with Crippen LogP contribution in [0.3, 0.4) is 0 Å². The van der Waals surface area contributed by atoms with E-state index in [1.54, 1.807) is 19.2 Å². The lowest BCUT2D eigenvalue weighted by molar-refractivity contribution is 0.101. The zero-order valence-electron chi connectivity index (χ0n) is 8.44. The molecule has 5 radical (unpaired) electrons. The Bertz CT molecular complexity index is 351. The molecule has 1 aliphatic rings. The third-order valence-electron chi connectivity index (χ3n) is 2.26. The number of carbonyl (C=O) groups is 1. The third-order valence-corrected chi connectivity index (χ3v) is 2.26. The maximum Gasteiger partial charge on any atom is 0.170 e. The molecule has 0 aliphatic heterocycles. The van der Waals surface area contributed by atoms with Gasteiger partial charge in [-0.25, -0.2) is 0 Å². The number of hydrogen-bond acceptors (Lipinski definition) is 2. The SMILES string of the molecule is COc1cccc(C(=O)[C]2[CH][CH][CH][CH]2)c1. The van der Waals surface area contributed by atoms with Gasteiger partial charge < -0.3 is 4.74 Å². The fourth-order valence-electron chi connectivity index (χ4n) is 1.46. The first-order chi connectivity index (χ1) is 7.31. The highest BCUT2D eigenvalue weighted by Gasteiger charge is 2.25. The van der Waals surface area contributed by atoms with Gasteiger partial charge in [-0.1, -0.05) is 12.1 Å². The van der Waals surface area contributed by atoms with Crippen LogP contribution < -0.4 is 4.74 Å². The van der Waals surface area contributed by atoms with E-state index in [1.807, 2.05) is 37.8 Å². The van der Waals surface area contributed by atoms with E-state index < -0.39 is 0 Å². The topological polar surface area (TPSA) is 26.3 Å². The summed E-state index contributed by atoms with van der Waals surface area (Å²) in [5.41, 5.74) is 0.653. The molecule has 0 bridgehead atoms. The van der Waals surface area contributed by atoms with Crippen LogP contribution in [0.1, 0.15) is 10.4 Å². The van der Waals surface area contributed by atoms with Crippen molar-refractivity contribution in [1.82, 2.24) is 0 Å². The Balaban J connectivity index is 2.17. The minimum atomic E-state index is 0.0268. The van der Waals surface area contributed by atoms with E-state index in [-0.39, 0.29) is 5.78 Å². The van der Waals surface area contributed by atoms with Gasteiger partial charge in [0, 0.05) is 5.56 Å². The van der Waals surface area contributed by atoms with Crippen LogP contribution in [0.4, 0.5) is 0 Å². The zero-order chi connectivity index (χ0) is 10.7. The molecule has 1 fully saturated rings. The average Bonchev–Trinajstić information content (AvgIpc) is 2.81. The number of carbonyl (C=O) groups excluding carboxylic acids is 1. The summed E-state index contributed by atoms with van der Waals surface area (Å²) in [6.07, 6.45) is 7.32. The van der Waals surface area contributed by atoms with E-state index in [9.17, 15) is 4.79 Å². The summed E-state index contributed by atoms with van der Waals surface area (Å²) >= 11 is 0. The summed E-state index contributed by atoms with van der Waals surface area (Å²) in [4.78, 5) is 11.9. The summed E-state index contributed by atoms with van der Waals surface area (Å²) < 4.78 is 5.07. The molecule has 1 saturated carbocycles. The second kappa shape index (κ2) is 4.47. The van der Waals surface area contributed by atoms with Gasteiger partial charge in [0.2, 0.25) is 0 Å². The number of Topliss-reactive ketones (excluding diaryl/α,β-unsaturated/α-hetero) is 1. The minimum Gasteiger partial charge on any atom is -0.497 e. The van der Waals surface area contributed by atoms with Crippen LogP contribution in [0.15, 0.2) is 24.3 Å². The van der Waals surface area contributed by atoms with Gasteiger partial charge in [0.1, 0.15) is 5.75 Å². The largest absolute Gasteiger partial charge is 0.497 e. The Morgan fingerprint density at radius 2 is 1.93 bits per heavy atom. The Labute approximate surface area is 90.3 Å². The molecular formula is C13H11O2. The van der Waals surface area contributed by atoms with Crippen molar-refractivity contribution >= 4 is 5.78 Å². The van der Waals surface area contributed by atoms with Crippen LogP contribution in [-0.4, -0.2) is 12.9 Å². The maximum absolute atomic E-state index is 11.9. The average molecular weight is 199 g/mol. The Morgan fingerprint density at radius 3 is 2.60 bits per heavy atom. The van der Waals surface area contributed by atoms with Crippen molar-refractivity contribution < 1.29 is 9.53 Å². The molecule has 0 saturated heterocycles. The molecule has 75 valence electrons. The van der Waals surface area contributed by atoms with Crippen molar-refractivity contribution in [3.8, 4) is 5.75 Å². The van der Waals surface area contributed by atoms with Crippen LogP contribution in [0.2, 0.25) is 0 Å². The fourth-order valence-corrected chi connectivity index (χ4v) is 1.46. The van der Waals surface area contributed by atoms with Crippen molar-refractivity contribution in [3.63, 3.8) is 0 Å². The molecule has 0 heterocycles. The van der Waals surface area contributed by atoms with E-state index in [0.29, 0.717) is 17.2 Å². The highest BCUT2D eigenvalue weighted by atomic mass is 16.5. The second-order valence-electron chi connectivity index (χ2n) is 3.23. The van der Waals surface area contributed by atoms with Crippen LogP contribution in [-0.2, 0) is 0 Å². The van der Waals surface area contributed by atoms with Gasteiger partial charge in [0.25, 0.3) is 0 Å². The van der Waals surface area contributed by atoms with E-state index in [1.165, 1.54) is 0 Å². The summed E-state index contributed by atoms with van der Waals surface area (Å²) in [6.45, 7) is 0. The molecule has 0 amide bonds. The monoisotopic (exact) mass is 199 g/mol. The van der Waals surface area contributed by atoms with E-state index in [4.69, 9.17) is 4.74 Å². The first-order valence-corrected chi connectivity index (χ1v) is 4.72. The number of methoxy groups -OCH3 is 1. The number of rotatable bonds is 3. The first kappa shape index (κ1) is 10.2. The lowest BCUT2D eigenvalue weighted by atomic mass is 9.96. The number of ether oxygens (including phenoxy) is 1. The Kier molecular flexibility index (Phi) is 3.05. The quantitative estimate of drug-likeness (QED) is 0.698. The van der Waals surface area contributed by atoms with Gasteiger partial charge >= 0.3 is 0 Å². The smallest absolute Gasteiger partial charge is 0.170 e. The highest BCUT2D eigenvalue weighted by Crippen LogP contribution is 2.27. The van der Waals surface area contributed by atoms with Crippen molar-refractivity contribution in [2.75, 3.05) is 7.11 Å². The predicted molar refractivity (Wildman–Crippen MR) is 57.8 cm³/mol. The lowest BCUT2D eigenvalue weighted by Crippen LogP contribution is -2.09. The summed E-state index contributed by atoms with van der Waals surface area (Å²) in [5.74, 6) is 1.44. The molecule has 2 nitrogen and oxygen atoms in total. The zero-order valence-corrected chi connectivity index (χ0v) is 8.44. The van der Waals surface area contributed by atoms with Gasteiger partial charge in [-0.05, 0) is 37.8 Å². The molecular weight excluding hydrogens is 188 g/mol. The summed E-state index contributed by atoms with van der Waals surface area (Å²) in [7, 11) is 1.59. The molecule has 0 atom stereocenters. The predicted octanol–water partition coefficient (Wildman–Crippen LogP) is 2.28. The van der Waals surface area contributed by atoms with Gasteiger partial charge in [0.05, 0.1) is 13.0 Å². The molecule has 0 N–H and O–H groups in total. The van der Waals surface area contributed by atoms with Crippen LogP contribution in [0.5, 0.6) is 5.75 Å². The van der Waals surface area contributed by atoms with Crippen LogP contribution in [0.25, 0.3) is 0 Å². The molecule has 2 heteroatoms. The third kappa shape index (κ3) is 2.20. The molecule has 1 aromatic rings. The van der Waals surface area contributed by atoms with Crippen LogP contribution in [0, 0.1) is 31.6 Å². The van der Waals surface area contributed by atoms with Gasteiger partial charge in [-0.2, -0.15) is 0 Å². The van der Waals surface area contributed by atoms with Gasteiger partial charge in [-0.3, -0.25) is 4.79 Å². The van der Waals surface area contributed by atoms with Crippen molar-refractivity contribution in [1.29, 1.82) is 0 Å². The molecule has 1 aromatic carbocycles. The van der Waals surface area contributed by atoms with E-state index >= 15 is 0 Å². The number of hydrogen-bond donors (Lipinski definition) is 0. The van der Waals surface area contributed by atoms with Crippen molar-refractivity contribution in [2.45, 2.75) is 0 Å². The van der Waals surface area contributed by atoms with Crippen LogP contribution >= 0.6 is 0 Å². The summed E-state index contributed by atoms with van der Waals surface area (Å²) in [6, 6.07) is 7.17. The van der Waals surface area contributed by atoms with E-state index in [0.717, 1.165) is 0 Å². The first-order valence-electron chi connectivity index (χ1n) is 4.72. The number of benzene rings is 1.